The number of thioether (sulfide) groups is 1. The van der Waals surface area contributed by atoms with E-state index in [1.807, 2.05) is 43.3 Å². The smallest absolute Gasteiger partial charge is 0.242 e. The Morgan fingerprint density at radius 3 is 2.78 bits per heavy atom. The normalized spacial score (nSPS) is 20.1. The van der Waals surface area contributed by atoms with E-state index in [9.17, 15) is 9.59 Å². The number of anilines is 2. The van der Waals surface area contributed by atoms with Crippen LogP contribution in [0, 0.1) is 0 Å². The fourth-order valence-corrected chi connectivity index (χ4v) is 3.79. The Balaban J connectivity index is 1.58. The van der Waals surface area contributed by atoms with Crippen molar-refractivity contribution in [3.8, 4) is 0 Å². The van der Waals surface area contributed by atoms with Crippen molar-refractivity contribution in [1.29, 1.82) is 0 Å². The lowest BCUT2D eigenvalue weighted by atomic mass is 10.2. The standard InChI is InChI=1S/C16H20N4O2S/c1-19(2)12-6-4-11(5-7-12)18-14(21)10-13-15(22)20-9-3-8-17-16(20)23-13/h4-7,13H,3,8-10H2,1-2H3,(H,18,21). The van der Waals surface area contributed by atoms with Gasteiger partial charge in [-0.2, -0.15) is 0 Å². The van der Waals surface area contributed by atoms with E-state index in [0.29, 0.717) is 0 Å². The fraction of sp³-hybridized carbons (Fsp3) is 0.438. The van der Waals surface area contributed by atoms with Crippen molar-refractivity contribution in [2.45, 2.75) is 18.1 Å². The van der Waals surface area contributed by atoms with Crippen LogP contribution in [0.3, 0.4) is 0 Å². The molecule has 0 aromatic heterocycles. The largest absolute Gasteiger partial charge is 0.378 e. The number of carbonyl (C=O) groups is 2. The number of carbonyl (C=O) groups excluding carboxylic acids is 2. The number of aliphatic imine (C=N–C) groups is 1. The number of hydrogen-bond acceptors (Lipinski definition) is 5. The molecule has 2 heterocycles. The zero-order valence-electron chi connectivity index (χ0n) is 13.3. The molecule has 1 unspecified atom stereocenters. The summed E-state index contributed by atoms with van der Waals surface area (Å²) >= 11 is 1.41. The summed E-state index contributed by atoms with van der Waals surface area (Å²) in [5, 5.41) is 3.27. The van der Waals surface area contributed by atoms with E-state index in [0.717, 1.165) is 36.1 Å². The van der Waals surface area contributed by atoms with Gasteiger partial charge in [-0.05, 0) is 30.7 Å². The second kappa shape index (κ2) is 6.62. The zero-order valence-corrected chi connectivity index (χ0v) is 14.1. The van der Waals surface area contributed by atoms with Crippen molar-refractivity contribution in [1.82, 2.24) is 4.90 Å². The zero-order chi connectivity index (χ0) is 16.4. The molecule has 3 rings (SSSR count). The molecule has 1 saturated heterocycles. The highest BCUT2D eigenvalue weighted by Crippen LogP contribution is 2.31. The Hall–Kier alpha value is -2.02. The van der Waals surface area contributed by atoms with Crippen LogP contribution in [0.4, 0.5) is 11.4 Å². The van der Waals surface area contributed by atoms with Crippen LogP contribution in [-0.2, 0) is 9.59 Å². The van der Waals surface area contributed by atoms with Crippen LogP contribution < -0.4 is 10.2 Å². The average Bonchev–Trinajstić information content (AvgIpc) is 2.84. The molecule has 1 atom stereocenters. The van der Waals surface area contributed by atoms with Gasteiger partial charge in [-0.1, -0.05) is 11.8 Å². The average molecular weight is 332 g/mol. The number of benzene rings is 1. The van der Waals surface area contributed by atoms with E-state index < -0.39 is 0 Å². The Bertz CT molecular complexity index is 642. The van der Waals surface area contributed by atoms with Crippen LogP contribution in [-0.4, -0.2) is 54.3 Å². The first-order chi connectivity index (χ1) is 11.0. The van der Waals surface area contributed by atoms with Gasteiger partial charge in [-0.25, -0.2) is 0 Å². The van der Waals surface area contributed by atoms with Crippen molar-refractivity contribution in [3.05, 3.63) is 24.3 Å². The first kappa shape index (κ1) is 15.9. The summed E-state index contributed by atoms with van der Waals surface area (Å²) in [6, 6.07) is 7.62. The molecule has 0 bridgehead atoms. The van der Waals surface area contributed by atoms with Gasteiger partial charge in [0.15, 0.2) is 5.17 Å². The molecule has 122 valence electrons. The summed E-state index contributed by atoms with van der Waals surface area (Å²) in [6.45, 7) is 1.48. The fourth-order valence-electron chi connectivity index (χ4n) is 2.59. The first-order valence-corrected chi connectivity index (χ1v) is 8.52. The molecule has 0 spiro atoms. The maximum Gasteiger partial charge on any atom is 0.242 e. The minimum Gasteiger partial charge on any atom is -0.378 e. The van der Waals surface area contributed by atoms with Crippen LogP contribution in [0.1, 0.15) is 12.8 Å². The molecule has 23 heavy (non-hydrogen) atoms. The molecule has 0 radical (unpaired) electrons. The molecule has 0 saturated carbocycles. The maximum absolute atomic E-state index is 12.3. The van der Waals surface area contributed by atoms with Gasteiger partial charge >= 0.3 is 0 Å². The SMILES string of the molecule is CN(C)c1ccc(NC(=O)CC2SC3=NCCCN3C2=O)cc1. The number of amides is 2. The van der Waals surface area contributed by atoms with E-state index in [4.69, 9.17) is 0 Å². The van der Waals surface area contributed by atoms with Gasteiger partial charge in [-0.15, -0.1) is 0 Å². The summed E-state index contributed by atoms with van der Waals surface area (Å²) in [4.78, 5) is 32.5. The lowest BCUT2D eigenvalue weighted by molar-refractivity contribution is -0.128. The minimum absolute atomic E-state index is 0.00607. The highest BCUT2D eigenvalue weighted by Gasteiger charge is 2.39. The number of nitrogens with zero attached hydrogens (tertiary/aromatic N) is 3. The molecular formula is C16H20N4O2S. The van der Waals surface area contributed by atoms with Crippen molar-refractivity contribution in [3.63, 3.8) is 0 Å². The van der Waals surface area contributed by atoms with Crippen molar-refractivity contribution in [2.24, 2.45) is 4.99 Å². The quantitative estimate of drug-likeness (QED) is 0.913. The third kappa shape index (κ3) is 3.50. The molecule has 2 amide bonds. The molecule has 2 aliphatic rings. The Morgan fingerprint density at radius 1 is 1.39 bits per heavy atom. The molecular weight excluding hydrogens is 312 g/mol. The molecule has 1 aromatic carbocycles. The Labute approximate surface area is 139 Å². The Morgan fingerprint density at radius 2 is 2.13 bits per heavy atom. The van der Waals surface area contributed by atoms with Gasteiger partial charge in [0.05, 0.1) is 0 Å². The molecule has 0 aliphatic carbocycles. The summed E-state index contributed by atoms with van der Waals surface area (Å²) < 4.78 is 0. The van der Waals surface area contributed by atoms with E-state index in [1.165, 1.54) is 11.8 Å². The predicted octanol–water partition coefficient (Wildman–Crippen LogP) is 1.78. The van der Waals surface area contributed by atoms with E-state index in [2.05, 4.69) is 10.3 Å². The van der Waals surface area contributed by atoms with E-state index in [1.54, 1.807) is 4.90 Å². The van der Waals surface area contributed by atoms with Gasteiger partial charge in [0.1, 0.15) is 5.25 Å². The molecule has 7 heteroatoms. The summed E-state index contributed by atoms with van der Waals surface area (Å²) in [5.41, 5.74) is 1.81. The van der Waals surface area contributed by atoms with Gasteiger partial charge < -0.3 is 10.2 Å². The van der Waals surface area contributed by atoms with Gasteiger partial charge in [0.25, 0.3) is 0 Å². The lowest BCUT2D eigenvalue weighted by Gasteiger charge is -2.19. The topological polar surface area (TPSA) is 65.0 Å². The molecule has 1 aromatic rings. The van der Waals surface area contributed by atoms with Gasteiger partial charge in [0, 0.05) is 45.0 Å². The number of hydrogen-bond donors (Lipinski definition) is 1. The third-order valence-corrected chi connectivity index (χ3v) is 5.06. The van der Waals surface area contributed by atoms with Crippen molar-refractivity contribution < 1.29 is 9.59 Å². The molecule has 2 aliphatic heterocycles. The number of nitrogens with one attached hydrogen (secondary N) is 1. The van der Waals surface area contributed by atoms with Crippen LogP contribution in [0.5, 0.6) is 0 Å². The second-order valence-corrected chi connectivity index (χ2v) is 6.98. The molecule has 6 nitrogen and oxygen atoms in total. The monoisotopic (exact) mass is 332 g/mol. The summed E-state index contributed by atoms with van der Waals surface area (Å²) in [6.07, 6.45) is 1.07. The first-order valence-electron chi connectivity index (χ1n) is 7.64. The highest BCUT2D eigenvalue weighted by molar-refractivity contribution is 8.15. The predicted molar refractivity (Wildman–Crippen MR) is 94.0 cm³/mol. The minimum atomic E-state index is -0.354. The number of rotatable bonds is 4. The third-order valence-electron chi connectivity index (χ3n) is 3.85. The number of amidine groups is 1. The summed E-state index contributed by atoms with van der Waals surface area (Å²) in [5.74, 6) is -0.138. The van der Waals surface area contributed by atoms with Gasteiger partial charge in [-0.3, -0.25) is 19.5 Å². The Kier molecular flexibility index (Phi) is 4.56. The highest BCUT2D eigenvalue weighted by atomic mass is 32.2. The summed E-state index contributed by atoms with van der Waals surface area (Å²) in [7, 11) is 3.93. The van der Waals surface area contributed by atoms with Crippen molar-refractivity contribution in [2.75, 3.05) is 37.4 Å². The number of fused-ring (bicyclic) bond motifs is 1. The van der Waals surface area contributed by atoms with Crippen LogP contribution >= 0.6 is 11.8 Å². The molecule has 1 fully saturated rings. The van der Waals surface area contributed by atoms with Gasteiger partial charge in [0.2, 0.25) is 11.8 Å². The van der Waals surface area contributed by atoms with Crippen LogP contribution in [0.25, 0.3) is 0 Å². The lowest BCUT2D eigenvalue weighted by Crippen LogP contribution is -2.36. The second-order valence-electron chi connectivity index (χ2n) is 5.81. The van der Waals surface area contributed by atoms with Crippen LogP contribution in [0.15, 0.2) is 29.3 Å². The maximum atomic E-state index is 12.3. The van der Waals surface area contributed by atoms with Crippen molar-refractivity contribution >= 4 is 40.1 Å². The van der Waals surface area contributed by atoms with E-state index >= 15 is 0 Å². The van der Waals surface area contributed by atoms with E-state index in [-0.39, 0.29) is 23.5 Å². The van der Waals surface area contributed by atoms with Crippen LogP contribution in [0.2, 0.25) is 0 Å². The molecule has 1 N–H and O–H groups in total.